The minimum atomic E-state index is -0.346. The Morgan fingerprint density at radius 1 is 1.47 bits per heavy atom. The summed E-state index contributed by atoms with van der Waals surface area (Å²) in [4.78, 5) is 11.6. The van der Waals surface area contributed by atoms with Crippen LogP contribution in [0.3, 0.4) is 0 Å². The second kappa shape index (κ2) is 3.90. The van der Waals surface area contributed by atoms with E-state index < -0.39 is 0 Å². The van der Waals surface area contributed by atoms with Gasteiger partial charge in [-0.1, -0.05) is 0 Å². The van der Waals surface area contributed by atoms with E-state index >= 15 is 0 Å². The van der Waals surface area contributed by atoms with E-state index in [1.54, 1.807) is 13.0 Å². The van der Waals surface area contributed by atoms with E-state index in [0.717, 1.165) is 10.1 Å². The maximum Gasteiger partial charge on any atom is 0.338 e. The number of thiophene rings is 1. The Morgan fingerprint density at radius 2 is 2.27 bits per heavy atom. The molecule has 15 heavy (non-hydrogen) atoms. The minimum absolute atomic E-state index is 0.202. The van der Waals surface area contributed by atoms with Crippen LogP contribution < -0.4 is 0 Å². The molecule has 1 aromatic heterocycles. The number of carbonyl (C=O) groups is 1. The van der Waals surface area contributed by atoms with Gasteiger partial charge in [-0.05, 0) is 30.5 Å². The van der Waals surface area contributed by atoms with Crippen LogP contribution in [0.4, 0.5) is 0 Å². The number of aromatic hydroxyl groups is 1. The number of phenolic OH excluding ortho intramolecular Hbond substituents is 1. The molecular weight excluding hydrogens is 212 g/mol. The van der Waals surface area contributed by atoms with Gasteiger partial charge in [0.25, 0.3) is 0 Å². The third kappa shape index (κ3) is 1.68. The molecule has 0 aliphatic heterocycles. The Kier molecular flexibility index (Phi) is 2.60. The highest BCUT2D eigenvalue weighted by Crippen LogP contribution is 2.32. The Morgan fingerprint density at radius 3 is 3.00 bits per heavy atom. The molecular formula is C11H10O3S. The first-order chi connectivity index (χ1) is 7.24. The summed E-state index contributed by atoms with van der Waals surface area (Å²) in [7, 11) is 0. The smallest absolute Gasteiger partial charge is 0.338 e. The summed E-state index contributed by atoms with van der Waals surface area (Å²) in [6.07, 6.45) is 0. The third-order valence-corrected chi connectivity index (χ3v) is 3.03. The Balaban J connectivity index is 2.57. The van der Waals surface area contributed by atoms with Crippen molar-refractivity contribution in [3.05, 3.63) is 29.1 Å². The van der Waals surface area contributed by atoms with Gasteiger partial charge in [0, 0.05) is 5.39 Å². The molecule has 0 amide bonds. The molecule has 78 valence electrons. The van der Waals surface area contributed by atoms with Crippen molar-refractivity contribution in [2.24, 2.45) is 0 Å². The number of hydrogen-bond donors (Lipinski definition) is 1. The van der Waals surface area contributed by atoms with Crippen molar-refractivity contribution in [2.75, 3.05) is 6.61 Å². The van der Waals surface area contributed by atoms with E-state index in [2.05, 4.69) is 0 Å². The molecule has 2 aromatic rings. The maximum absolute atomic E-state index is 11.6. The second-order valence-corrected chi connectivity index (χ2v) is 3.93. The Bertz CT molecular complexity index is 502. The molecule has 2 rings (SSSR count). The standard InChI is InChI=1S/C11H10O3S/c1-2-14-11(13)8-3-4-9(12)10-7(8)5-6-15-10/h3-6,12H,2H2,1H3. The molecule has 0 aliphatic rings. The first-order valence-electron chi connectivity index (χ1n) is 4.60. The van der Waals surface area contributed by atoms with E-state index in [1.807, 2.05) is 11.4 Å². The molecule has 4 heteroatoms. The number of ether oxygens (including phenoxy) is 1. The van der Waals surface area contributed by atoms with Crippen molar-refractivity contribution >= 4 is 27.4 Å². The fraction of sp³-hybridized carbons (Fsp3) is 0.182. The number of hydrogen-bond acceptors (Lipinski definition) is 4. The molecule has 3 nitrogen and oxygen atoms in total. The summed E-state index contributed by atoms with van der Waals surface area (Å²) < 4.78 is 5.65. The van der Waals surface area contributed by atoms with E-state index in [-0.39, 0.29) is 11.7 Å². The van der Waals surface area contributed by atoms with Crippen molar-refractivity contribution < 1.29 is 14.6 Å². The quantitative estimate of drug-likeness (QED) is 0.795. The normalized spacial score (nSPS) is 10.5. The van der Waals surface area contributed by atoms with Crippen LogP contribution in [0.1, 0.15) is 17.3 Å². The molecule has 1 N–H and O–H groups in total. The zero-order valence-corrected chi connectivity index (χ0v) is 9.00. The van der Waals surface area contributed by atoms with Gasteiger partial charge in [-0.2, -0.15) is 0 Å². The number of fused-ring (bicyclic) bond motifs is 1. The van der Waals surface area contributed by atoms with E-state index in [4.69, 9.17) is 4.74 Å². The fourth-order valence-electron chi connectivity index (χ4n) is 1.43. The lowest BCUT2D eigenvalue weighted by molar-refractivity contribution is 0.0529. The molecule has 0 fully saturated rings. The van der Waals surface area contributed by atoms with Crippen molar-refractivity contribution in [3.63, 3.8) is 0 Å². The van der Waals surface area contributed by atoms with Gasteiger partial charge in [0.05, 0.1) is 16.9 Å². The largest absolute Gasteiger partial charge is 0.506 e. The van der Waals surface area contributed by atoms with Crippen LogP contribution in [0.2, 0.25) is 0 Å². The van der Waals surface area contributed by atoms with Crippen LogP contribution in [0.25, 0.3) is 10.1 Å². The van der Waals surface area contributed by atoms with Crippen LogP contribution in [0.15, 0.2) is 23.6 Å². The first kappa shape index (κ1) is 9.98. The van der Waals surface area contributed by atoms with Gasteiger partial charge in [0.2, 0.25) is 0 Å². The predicted octanol–water partition coefficient (Wildman–Crippen LogP) is 2.78. The number of carbonyl (C=O) groups excluding carboxylic acids is 1. The van der Waals surface area contributed by atoms with Gasteiger partial charge in [-0.3, -0.25) is 0 Å². The number of rotatable bonds is 2. The van der Waals surface area contributed by atoms with Crippen molar-refractivity contribution in [3.8, 4) is 5.75 Å². The summed E-state index contributed by atoms with van der Waals surface area (Å²) >= 11 is 1.41. The van der Waals surface area contributed by atoms with Gasteiger partial charge < -0.3 is 9.84 Å². The topological polar surface area (TPSA) is 46.5 Å². The van der Waals surface area contributed by atoms with Gasteiger partial charge in [0.15, 0.2) is 0 Å². The molecule has 1 aromatic carbocycles. The van der Waals surface area contributed by atoms with Crippen molar-refractivity contribution in [1.82, 2.24) is 0 Å². The summed E-state index contributed by atoms with van der Waals surface area (Å²) in [6, 6.07) is 4.92. The monoisotopic (exact) mass is 222 g/mol. The zero-order valence-electron chi connectivity index (χ0n) is 8.19. The molecule has 0 saturated carbocycles. The molecule has 0 saturated heterocycles. The van der Waals surface area contributed by atoms with Crippen LogP contribution in [0, 0.1) is 0 Å². The lowest BCUT2D eigenvalue weighted by Crippen LogP contribution is -2.04. The fourth-order valence-corrected chi connectivity index (χ4v) is 2.27. The van der Waals surface area contributed by atoms with E-state index in [9.17, 15) is 9.90 Å². The maximum atomic E-state index is 11.6. The lowest BCUT2D eigenvalue weighted by atomic mass is 10.1. The van der Waals surface area contributed by atoms with Crippen LogP contribution >= 0.6 is 11.3 Å². The molecule has 0 aliphatic carbocycles. The van der Waals surface area contributed by atoms with Gasteiger partial charge in [0.1, 0.15) is 5.75 Å². The Hall–Kier alpha value is -1.55. The average Bonchev–Trinajstić information content (AvgIpc) is 2.68. The first-order valence-corrected chi connectivity index (χ1v) is 5.48. The van der Waals surface area contributed by atoms with Gasteiger partial charge >= 0.3 is 5.97 Å². The van der Waals surface area contributed by atoms with Crippen LogP contribution in [0.5, 0.6) is 5.75 Å². The molecule has 0 atom stereocenters. The predicted molar refractivity (Wildman–Crippen MR) is 59.4 cm³/mol. The molecule has 0 bridgehead atoms. The summed E-state index contributed by atoms with van der Waals surface area (Å²) in [5, 5.41) is 12.1. The summed E-state index contributed by atoms with van der Waals surface area (Å²) in [5.41, 5.74) is 0.505. The molecule has 0 radical (unpaired) electrons. The lowest BCUT2D eigenvalue weighted by Gasteiger charge is -2.03. The van der Waals surface area contributed by atoms with Gasteiger partial charge in [-0.25, -0.2) is 4.79 Å². The summed E-state index contributed by atoms with van der Waals surface area (Å²) in [6.45, 7) is 2.12. The average molecular weight is 222 g/mol. The SMILES string of the molecule is CCOC(=O)c1ccc(O)c2sccc12. The van der Waals surface area contributed by atoms with Crippen molar-refractivity contribution in [2.45, 2.75) is 6.92 Å². The molecule has 1 heterocycles. The van der Waals surface area contributed by atoms with E-state index in [1.165, 1.54) is 17.4 Å². The van der Waals surface area contributed by atoms with Crippen LogP contribution in [-0.2, 0) is 4.74 Å². The zero-order chi connectivity index (χ0) is 10.8. The van der Waals surface area contributed by atoms with Gasteiger partial charge in [-0.15, -0.1) is 11.3 Å². The van der Waals surface area contributed by atoms with Crippen LogP contribution in [-0.4, -0.2) is 17.7 Å². The van der Waals surface area contributed by atoms with Crippen molar-refractivity contribution in [1.29, 1.82) is 0 Å². The molecule has 0 unspecified atom stereocenters. The number of benzene rings is 1. The highest BCUT2D eigenvalue weighted by Gasteiger charge is 2.13. The third-order valence-electron chi connectivity index (χ3n) is 2.09. The Labute approximate surface area is 90.9 Å². The number of esters is 1. The highest BCUT2D eigenvalue weighted by molar-refractivity contribution is 7.17. The highest BCUT2D eigenvalue weighted by atomic mass is 32.1. The minimum Gasteiger partial charge on any atom is -0.506 e. The molecule has 0 spiro atoms. The summed E-state index contributed by atoms with van der Waals surface area (Å²) in [5.74, 6) is -0.144. The second-order valence-electron chi connectivity index (χ2n) is 3.02. The number of phenols is 1. The van der Waals surface area contributed by atoms with E-state index in [0.29, 0.717) is 12.2 Å².